The molecule has 0 atom stereocenters. The van der Waals surface area contributed by atoms with Crippen LogP contribution >= 0.6 is 0 Å². The van der Waals surface area contributed by atoms with Gasteiger partial charge in [0.1, 0.15) is 0 Å². The van der Waals surface area contributed by atoms with Gasteiger partial charge in [0.05, 0.1) is 0 Å². The summed E-state index contributed by atoms with van der Waals surface area (Å²) < 4.78 is 1.24. The molecule has 0 fully saturated rings. The van der Waals surface area contributed by atoms with E-state index >= 15 is 0 Å². The summed E-state index contributed by atoms with van der Waals surface area (Å²) in [7, 11) is 0. The molecule has 0 aliphatic heterocycles. The maximum atomic E-state index is 11.4. The van der Waals surface area contributed by atoms with Crippen LogP contribution in [-0.4, -0.2) is 30.8 Å². The first-order chi connectivity index (χ1) is 8.60. The number of nitrogens with one attached hydrogen (secondary N) is 1. The molecule has 2 rings (SSSR count). The zero-order chi connectivity index (χ0) is 13.1. The van der Waals surface area contributed by atoms with Crippen LogP contribution in [0.1, 0.15) is 29.5 Å². The first-order valence-corrected chi connectivity index (χ1v) is 5.49. The van der Waals surface area contributed by atoms with Crippen molar-refractivity contribution in [3.05, 3.63) is 40.1 Å². The lowest BCUT2D eigenvalue weighted by Crippen LogP contribution is -2.15. The molecular weight excluding hydrogens is 236 g/mol. The van der Waals surface area contributed by atoms with Crippen LogP contribution in [0.25, 0.3) is 5.95 Å². The Morgan fingerprint density at radius 2 is 2.33 bits per heavy atom. The number of aromatic nitrogens is 4. The van der Waals surface area contributed by atoms with Crippen LogP contribution in [0, 0.1) is 0 Å². The molecule has 2 N–H and O–H groups in total. The van der Waals surface area contributed by atoms with Crippen molar-refractivity contribution >= 4 is 5.97 Å². The molecule has 0 unspecified atom stereocenters. The molecule has 0 aliphatic carbocycles. The third-order valence-electron chi connectivity index (χ3n) is 2.31. The van der Waals surface area contributed by atoms with E-state index in [9.17, 15) is 9.59 Å². The van der Waals surface area contributed by atoms with Crippen LogP contribution in [0.4, 0.5) is 0 Å². The maximum absolute atomic E-state index is 11.4. The molecule has 0 bridgehead atoms. The van der Waals surface area contributed by atoms with Crippen molar-refractivity contribution in [1.29, 1.82) is 0 Å². The van der Waals surface area contributed by atoms with E-state index in [4.69, 9.17) is 5.11 Å². The number of hydrogen-bond acceptors (Lipinski definition) is 4. The Balaban J connectivity index is 2.42. The van der Waals surface area contributed by atoms with Crippen LogP contribution in [0.5, 0.6) is 0 Å². The second-order valence-electron chi connectivity index (χ2n) is 3.76. The lowest BCUT2D eigenvalue weighted by Gasteiger charge is -2.02. The minimum atomic E-state index is -1.12. The van der Waals surface area contributed by atoms with Gasteiger partial charge >= 0.3 is 5.97 Å². The molecule has 0 aliphatic rings. The van der Waals surface area contributed by atoms with Gasteiger partial charge in [0, 0.05) is 18.0 Å². The third kappa shape index (κ3) is 2.45. The van der Waals surface area contributed by atoms with E-state index in [1.54, 1.807) is 0 Å². The number of aryl methyl sites for hydroxylation is 1. The number of hydrogen-bond donors (Lipinski definition) is 2. The van der Waals surface area contributed by atoms with Gasteiger partial charge in [-0.1, -0.05) is 13.3 Å². The van der Waals surface area contributed by atoms with E-state index in [0.29, 0.717) is 12.1 Å². The number of carboxylic acids is 1. The highest BCUT2D eigenvalue weighted by Crippen LogP contribution is 2.03. The first kappa shape index (κ1) is 12.0. The lowest BCUT2D eigenvalue weighted by atomic mass is 10.2. The standard InChI is InChI=1S/C11H12N4O3/c1-2-3-7-6-9(16)13-11(12-7)15-5-4-8(14-15)10(17)18/h4-6H,2-3H2,1H3,(H,17,18)(H,12,13,16). The summed E-state index contributed by atoms with van der Waals surface area (Å²) in [6, 6.07) is 2.77. The molecule has 94 valence electrons. The number of carbonyl (C=O) groups is 1. The van der Waals surface area contributed by atoms with Gasteiger partial charge in [-0.3, -0.25) is 9.78 Å². The van der Waals surface area contributed by atoms with E-state index in [1.807, 2.05) is 6.92 Å². The summed E-state index contributed by atoms with van der Waals surface area (Å²) in [5.74, 6) is -0.903. The normalized spacial score (nSPS) is 10.5. The SMILES string of the molecule is CCCc1cc(=O)[nH]c(-n2ccc(C(=O)O)n2)n1. The topological polar surface area (TPSA) is 101 Å². The second kappa shape index (κ2) is 4.82. The van der Waals surface area contributed by atoms with Gasteiger partial charge in [-0.05, 0) is 12.5 Å². The van der Waals surface area contributed by atoms with Gasteiger partial charge in [-0.2, -0.15) is 5.10 Å². The number of H-pyrrole nitrogens is 1. The van der Waals surface area contributed by atoms with Crippen LogP contribution in [-0.2, 0) is 6.42 Å². The van der Waals surface area contributed by atoms with Crippen LogP contribution < -0.4 is 5.56 Å². The summed E-state index contributed by atoms with van der Waals surface area (Å²) in [5, 5.41) is 12.6. The van der Waals surface area contributed by atoms with Crippen LogP contribution in [0.15, 0.2) is 23.1 Å². The second-order valence-corrected chi connectivity index (χ2v) is 3.76. The molecule has 0 saturated carbocycles. The van der Waals surface area contributed by atoms with E-state index < -0.39 is 5.97 Å². The number of carboxylic acid groups (broad SMARTS) is 1. The fraction of sp³-hybridized carbons (Fsp3) is 0.273. The van der Waals surface area contributed by atoms with Gasteiger partial charge in [-0.25, -0.2) is 14.5 Å². The Labute approximate surface area is 102 Å². The van der Waals surface area contributed by atoms with Crippen molar-refractivity contribution in [2.75, 3.05) is 0 Å². The van der Waals surface area contributed by atoms with Crippen molar-refractivity contribution in [2.24, 2.45) is 0 Å². The van der Waals surface area contributed by atoms with Crippen molar-refractivity contribution in [1.82, 2.24) is 19.7 Å². The fourth-order valence-electron chi connectivity index (χ4n) is 1.54. The quantitative estimate of drug-likeness (QED) is 0.825. The largest absolute Gasteiger partial charge is 0.476 e. The summed E-state index contributed by atoms with van der Waals surface area (Å²) in [4.78, 5) is 28.9. The van der Waals surface area contributed by atoms with Crippen molar-refractivity contribution in [3.63, 3.8) is 0 Å². The summed E-state index contributed by atoms with van der Waals surface area (Å²) in [6.07, 6.45) is 3.00. The van der Waals surface area contributed by atoms with E-state index in [1.165, 1.54) is 23.0 Å². The zero-order valence-electron chi connectivity index (χ0n) is 9.75. The van der Waals surface area contributed by atoms with E-state index in [2.05, 4.69) is 15.1 Å². The molecule has 2 aromatic rings. The monoisotopic (exact) mass is 248 g/mol. The average Bonchev–Trinajstić information content (AvgIpc) is 2.78. The fourth-order valence-corrected chi connectivity index (χ4v) is 1.54. The molecule has 7 heteroatoms. The van der Waals surface area contributed by atoms with Crippen LogP contribution in [0.2, 0.25) is 0 Å². The summed E-state index contributed by atoms with van der Waals surface area (Å²) in [6.45, 7) is 1.99. The van der Waals surface area contributed by atoms with Gasteiger partial charge in [0.25, 0.3) is 5.56 Å². The van der Waals surface area contributed by atoms with Crippen LogP contribution in [0.3, 0.4) is 0 Å². The Kier molecular flexibility index (Phi) is 3.22. The summed E-state index contributed by atoms with van der Waals surface area (Å²) in [5.41, 5.74) is 0.276. The molecule has 0 saturated heterocycles. The lowest BCUT2D eigenvalue weighted by molar-refractivity contribution is 0.0690. The highest BCUT2D eigenvalue weighted by molar-refractivity contribution is 5.85. The number of aromatic carboxylic acids is 1. The predicted octanol–water partition coefficient (Wildman–Crippen LogP) is 0.606. The van der Waals surface area contributed by atoms with Crippen molar-refractivity contribution in [3.8, 4) is 5.95 Å². The minimum absolute atomic E-state index is 0.0986. The highest BCUT2D eigenvalue weighted by atomic mass is 16.4. The van der Waals surface area contributed by atoms with Gasteiger partial charge in [0.2, 0.25) is 5.95 Å². The first-order valence-electron chi connectivity index (χ1n) is 5.49. The number of rotatable bonds is 4. The third-order valence-corrected chi connectivity index (χ3v) is 2.31. The Morgan fingerprint density at radius 3 is 2.94 bits per heavy atom. The van der Waals surface area contributed by atoms with Gasteiger partial charge < -0.3 is 5.11 Å². The average molecular weight is 248 g/mol. The Bertz CT molecular complexity index is 629. The molecule has 2 heterocycles. The molecule has 2 aromatic heterocycles. The predicted molar refractivity (Wildman–Crippen MR) is 62.9 cm³/mol. The van der Waals surface area contributed by atoms with Crippen molar-refractivity contribution < 1.29 is 9.90 Å². The molecule has 0 aromatic carbocycles. The smallest absolute Gasteiger partial charge is 0.356 e. The van der Waals surface area contributed by atoms with Crippen molar-refractivity contribution in [2.45, 2.75) is 19.8 Å². The maximum Gasteiger partial charge on any atom is 0.356 e. The molecular formula is C11H12N4O3. The molecule has 7 nitrogen and oxygen atoms in total. The number of nitrogens with zero attached hydrogens (tertiary/aromatic N) is 3. The van der Waals surface area contributed by atoms with Gasteiger partial charge in [-0.15, -0.1) is 0 Å². The molecule has 18 heavy (non-hydrogen) atoms. The molecule has 0 amide bonds. The van der Waals surface area contributed by atoms with E-state index in [0.717, 1.165) is 6.42 Å². The summed E-state index contributed by atoms with van der Waals surface area (Å²) >= 11 is 0. The Hall–Kier alpha value is -2.44. The highest BCUT2D eigenvalue weighted by Gasteiger charge is 2.09. The zero-order valence-corrected chi connectivity index (χ0v) is 9.75. The Morgan fingerprint density at radius 1 is 1.56 bits per heavy atom. The molecule has 0 spiro atoms. The van der Waals surface area contributed by atoms with E-state index in [-0.39, 0.29) is 17.2 Å². The number of aromatic amines is 1. The molecule has 0 radical (unpaired) electrons. The minimum Gasteiger partial charge on any atom is -0.476 e. The van der Waals surface area contributed by atoms with Gasteiger partial charge in [0.15, 0.2) is 5.69 Å².